The Morgan fingerprint density at radius 3 is 2.59 bits per heavy atom. The van der Waals surface area contributed by atoms with Gasteiger partial charge in [-0.15, -0.1) is 0 Å². The molecule has 0 bridgehead atoms. The van der Waals surface area contributed by atoms with Gasteiger partial charge in [-0.3, -0.25) is 14.6 Å². The SMILES string of the molecule is CS(=O)(=O)CCC1(C(N)=O)C=Cc2ncc(C(N)=O)cc2C1. The summed E-state index contributed by atoms with van der Waals surface area (Å²) in [6.45, 7) is 0. The largest absolute Gasteiger partial charge is 0.369 e. The van der Waals surface area contributed by atoms with Gasteiger partial charge in [-0.05, 0) is 30.5 Å². The van der Waals surface area contributed by atoms with Crippen LogP contribution in [0.25, 0.3) is 6.08 Å². The summed E-state index contributed by atoms with van der Waals surface area (Å²) in [7, 11) is -3.23. The van der Waals surface area contributed by atoms with Gasteiger partial charge in [0.05, 0.1) is 22.4 Å². The molecule has 22 heavy (non-hydrogen) atoms. The second-order valence-corrected chi connectivity index (χ2v) is 7.80. The third-order valence-electron chi connectivity index (χ3n) is 3.76. The van der Waals surface area contributed by atoms with Gasteiger partial charge < -0.3 is 11.5 Å². The molecular weight excluding hydrogens is 306 g/mol. The van der Waals surface area contributed by atoms with Crippen molar-refractivity contribution in [3.63, 3.8) is 0 Å². The van der Waals surface area contributed by atoms with E-state index < -0.39 is 27.1 Å². The molecule has 8 heteroatoms. The summed E-state index contributed by atoms with van der Waals surface area (Å²) in [5, 5.41) is 0. The number of sulfone groups is 1. The number of aromatic nitrogens is 1. The predicted molar refractivity (Wildman–Crippen MR) is 81.4 cm³/mol. The summed E-state index contributed by atoms with van der Waals surface area (Å²) in [5.41, 5.74) is 11.1. The Hall–Kier alpha value is -2.22. The van der Waals surface area contributed by atoms with Crippen LogP contribution in [-0.4, -0.2) is 37.2 Å². The van der Waals surface area contributed by atoms with E-state index in [-0.39, 0.29) is 24.2 Å². The molecule has 0 radical (unpaired) electrons. The minimum Gasteiger partial charge on any atom is -0.369 e. The third-order valence-corrected chi connectivity index (χ3v) is 4.71. The fraction of sp³-hybridized carbons (Fsp3) is 0.357. The van der Waals surface area contributed by atoms with Gasteiger partial charge in [0, 0.05) is 12.5 Å². The van der Waals surface area contributed by atoms with Crippen LogP contribution in [0.5, 0.6) is 0 Å². The first-order chi connectivity index (χ1) is 10.1. The van der Waals surface area contributed by atoms with Crippen LogP contribution in [0, 0.1) is 5.41 Å². The standard InChI is InChI=1S/C14H17N3O4S/c1-22(20,21)5-4-14(13(16)19)3-2-11-9(7-14)6-10(8-17-11)12(15)18/h2-3,6,8H,4-5,7H2,1H3,(H2,15,18)(H2,16,19). The van der Waals surface area contributed by atoms with Gasteiger partial charge in [0.25, 0.3) is 0 Å². The van der Waals surface area contributed by atoms with Gasteiger partial charge >= 0.3 is 0 Å². The maximum atomic E-state index is 11.9. The molecule has 0 spiro atoms. The molecule has 1 atom stereocenters. The average molecular weight is 323 g/mol. The van der Waals surface area contributed by atoms with Crippen molar-refractivity contribution < 1.29 is 18.0 Å². The summed E-state index contributed by atoms with van der Waals surface area (Å²) >= 11 is 0. The van der Waals surface area contributed by atoms with Crippen LogP contribution in [-0.2, 0) is 21.1 Å². The van der Waals surface area contributed by atoms with E-state index in [9.17, 15) is 18.0 Å². The highest BCUT2D eigenvalue weighted by atomic mass is 32.2. The lowest BCUT2D eigenvalue weighted by Gasteiger charge is -2.30. The zero-order valence-corrected chi connectivity index (χ0v) is 12.9. The third kappa shape index (κ3) is 3.33. The number of hydrogen-bond acceptors (Lipinski definition) is 5. The number of nitrogens with zero attached hydrogens (tertiary/aromatic N) is 1. The number of nitrogens with two attached hydrogens (primary N) is 2. The Labute approximate surface area is 128 Å². The fourth-order valence-corrected chi connectivity index (χ4v) is 3.15. The van der Waals surface area contributed by atoms with Crippen molar-refractivity contribution in [1.29, 1.82) is 0 Å². The Morgan fingerprint density at radius 1 is 1.36 bits per heavy atom. The van der Waals surface area contributed by atoms with Gasteiger partial charge in [0.1, 0.15) is 9.84 Å². The normalized spacial score (nSPS) is 20.4. The minimum atomic E-state index is -3.23. The molecule has 0 aromatic carbocycles. The number of rotatable bonds is 5. The van der Waals surface area contributed by atoms with E-state index in [0.717, 1.165) is 6.26 Å². The minimum absolute atomic E-state index is 0.0813. The zero-order valence-electron chi connectivity index (χ0n) is 12.1. The van der Waals surface area contributed by atoms with Crippen LogP contribution in [0.2, 0.25) is 0 Å². The molecule has 0 aliphatic heterocycles. The van der Waals surface area contributed by atoms with Gasteiger partial charge in [-0.25, -0.2) is 8.42 Å². The van der Waals surface area contributed by atoms with Crippen LogP contribution in [0.15, 0.2) is 18.3 Å². The van der Waals surface area contributed by atoms with E-state index >= 15 is 0 Å². The van der Waals surface area contributed by atoms with Crippen LogP contribution < -0.4 is 11.5 Å². The number of fused-ring (bicyclic) bond motifs is 1. The number of amides is 2. The van der Waals surface area contributed by atoms with Gasteiger partial charge in [0.2, 0.25) is 11.8 Å². The fourth-order valence-electron chi connectivity index (χ4n) is 2.42. The van der Waals surface area contributed by atoms with E-state index in [0.29, 0.717) is 11.3 Å². The number of carbonyl (C=O) groups excluding carboxylic acids is 2. The summed E-state index contributed by atoms with van der Waals surface area (Å²) in [4.78, 5) is 27.2. The molecule has 118 valence electrons. The first kappa shape index (κ1) is 16.2. The Morgan fingerprint density at radius 2 is 2.05 bits per heavy atom. The van der Waals surface area contributed by atoms with Crippen LogP contribution in [0.3, 0.4) is 0 Å². The van der Waals surface area contributed by atoms with Gasteiger partial charge in [-0.1, -0.05) is 6.08 Å². The van der Waals surface area contributed by atoms with Crippen LogP contribution in [0.4, 0.5) is 0 Å². The van der Waals surface area contributed by atoms with E-state index in [4.69, 9.17) is 11.5 Å². The Bertz CT molecular complexity index is 770. The van der Waals surface area contributed by atoms with Crippen molar-refractivity contribution in [2.75, 3.05) is 12.0 Å². The molecular formula is C14H17N3O4S. The summed E-state index contributed by atoms with van der Waals surface area (Å²) in [6, 6.07) is 1.56. The maximum Gasteiger partial charge on any atom is 0.250 e. The topological polar surface area (TPSA) is 133 Å². The highest BCUT2D eigenvalue weighted by Gasteiger charge is 2.37. The summed E-state index contributed by atoms with van der Waals surface area (Å²) < 4.78 is 22.8. The lowest BCUT2D eigenvalue weighted by Crippen LogP contribution is -2.40. The zero-order chi connectivity index (χ0) is 16.5. The summed E-state index contributed by atoms with van der Waals surface area (Å²) in [6.07, 6.45) is 5.96. The second-order valence-electron chi connectivity index (χ2n) is 5.54. The molecule has 1 aliphatic rings. The lowest BCUT2D eigenvalue weighted by molar-refractivity contribution is -0.125. The van der Waals surface area contributed by atoms with Crippen LogP contribution in [0.1, 0.15) is 28.0 Å². The predicted octanol–water partition coefficient (Wildman–Crippen LogP) is -0.344. The molecule has 7 nitrogen and oxygen atoms in total. The first-order valence-electron chi connectivity index (χ1n) is 6.59. The van der Waals surface area contributed by atoms with Crippen molar-refractivity contribution in [2.45, 2.75) is 12.8 Å². The van der Waals surface area contributed by atoms with E-state index in [1.165, 1.54) is 6.20 Å². The second kappa shape index (κ2) is 5.53. The molecule has 0 fully saturated rings. The van der Waals surface area contributed by atoms with E-state index in [1.807, 2.05) is 0 Å². The molecule has 1 unspecified atom stereocenters. The summed E-state index contributed by atoms with van der Waals surface area (Å²) in [5.74, 6) is -1.38. The van der Waals surface area contributed by atoms with Crippen molar-refractivity contribution in [2.24, 2.45) is 16.9 Å². The Balaban J connectivity index is 2.39. The Kier molecular flexibility index (Phi) is 4.06. The van der Waals surface area contributed by atoms with Gasteiger partial charge in [0.15, 0.2) is 0 Å². The number of pyridine rings is 1. The van der Waals surface area contributed by atoms with E-state index in [2.05, 4.69) is 4.98 Å². The lowest BCUT2D eigenvalue weighted by atomic mass is 9.74. The number of carbonyl (C=O) groups is 2. The maximum absolute atomic E-state index is 11.9. The molecule has 1 heterocycles. The molecule has 0 saturated heterocycles. The molecule has 1 aromatic rings. The van der Waals surface area contributed by atoms with Crippen molar-refractivity contribution in [3.05, 3.63) is 35.2 Å². The molecule has 1 aromatic heterocycles. The van der Waals surface area contributed by atoms with Crippen molar-refractivity contribution >= 4 is 27.7 Å². The average Bonchev–Trinajstić information content (AvgIpc) is 2.43. The van der Waals surface area contributed by atoms with Crippen molar-refractivity contribution in [1.82, 2.24) is 4.98 Å². The highest BCUT2D eigenvalue weighted by molar-refractivity contribution is 7.90. The molecule has 2 amide bonds. The highest BCUT2D eigenvalue weighted by Crippen LogP contribution is 2.35. The number of primary amides is 2. The molecule has 4 N–H and O–H groups in total. The molecule has 2 rings (SSSR count). The molecule has 0 saturated carbocycles. The first-order valence-corrected chi connectivity index (χ1v) is 8.65. The quantitative estimate of drug-likeness (QED) is 0.764. The van der Waals surface area contributed by atoms with Crippen LogP contribution >= 0.6 is 0 Å². The van der Waals surface area contributed by atoms with E-state index in [1.54, 1.807) is 18.2 Å². The molecule has 1 aliphatic carbocycles. The monoisotopic (exact) mass is 323 g/mol. The number of hydrogen-bond donors (Lipinski definition) is 2. The smallest absolute Gasteiger partial charge is 0.250 e. The van der Waals surface area contributed by atoms with Gasteiger partial charge in [-0.2, -0.15) is 0 Å². The van der Waals surface area contributed by atoms with Crippen molar-refractivity contribution in [3.8, 4) is 0 Å².